The zero-order chi connectivity index (χ0) is 31.1. The summed E-state index contributed by atoms with van der Waals surface area (Å²) in [7, 11) is 1.62. The van der Waals surface area contributed by atoms with E-state index < -0.39 is 5.56 Å². The monoisotopic (exact) mass is 599 g/mol. The molecule has 0 unspecified atom stereocenters. The first-order valence-corrected chi connectivity index (χ1v) is 14.5. The minimum atomic E-state index is -0.414. The van der Waals surface area contributed by atoms with E-state index in [9.17, 15) is 14.4 Å². The second kappa shape index (κ2) is 11.3. The number of benzene rings is 2. The summed E-state index contributed by atoms with van der Waals surface area (Å²) in [5.74, 6) is -0.101. The van der Waals surface area contributed by atoms with Gasteiger partial charge in [0.1, 0.15) is 29.2 Å². The molecule has 224 valence electrons. The van der Waals surface area contributed by atoms with Gasteiger partial charge in [0.15, 0.2) is 0 Å². The maximum Gasteiger partial charge on any atom is 0.277 e. The van der Waals surface area contributed by atoms with E-state index in [4.69, 9.17) is 4.42 Å². The standard InChI is InChI=1S/C34H29N7O4/c1-20(21-7-9-30-26(14-21)25-5-3-4-6-29(25)45-30)38-28-17-37-33(22-8-10-32(43)40(2)18-22)41(34(28)44)19-31(42)36-16-24-13-23-15-35-12-11-27(23)39-24/h3-15,17-18,20,38-39H,16,19H2,1-2H3,(H,36,42)/t20-/m1/s1. The van der Waals surface area contributed by atoms with Gasteiger partial charge < -0.3 is 24.6 Å². The van der Waals surface area contributed by atoms with E-state index in [-0.39, 0.29) is 42.1 Å². The summed E-state index contributed by atoms with van der Waals surface area (Å²) in [6.07, 6.45) is 6.51. The number of pyridine rings is 2. The number of aromatic amines is 1. The number of rotatable bonds is 8. The number of hydrogen-bond donors (Lipinski definition) is 3. The summed E-state index contributed by atoms with van der Waals surface area (Å²) in [5.41, 5.74) is 4.43. The highest BCUT2D eigenvalue weighted by molar-refractivity contribution is 6.05. The van der Waals surface area contributed by atoms with Crippen molar-refractivity contribution in [1.82, 2.24) is 29.4 Å². The van der Waals surface area contributed by atoms with E-state index in [0.717, 1.165) is 44.1 Å². The predicted octanol–water partition coefficient (Wildman–Crippen LogP) is 4.87. The lowest BCUT2D eigenvalue weighted by atomic mass is 10.0. The number of anilines is 1. The van der Waals surface area contributed by atoms with Crippen LogP contribution < -0.4 is 21.8 Å². The van der Waals surface area contributed by atoms with Gasteiger partial charge in [-0.15, -0.1) is 0 Å². The molecule has 11 heteroatoms. The minimum absolute atomic E-state index is 0.201. The molecule has 0 saturated heterocycles. The van der Waals surface area contributed by atoms with Crippen molar-refractivity contribution in [3.8, 4) is 11.4 Å². The molecule has 0 aliphatic rings. The summed E-state index contributed by atoms with van der Waals surface area (Å²) in [6.45, 7) is 1.92. The van der Waals surface area contributed by atoms with E-state index in [0.29, 0.717) is 5.56 Å². The van der Waals surface area contributed by atoms with Crippen LogP contribution >= 0.6 is 0 Å². The van der Waals surface area contributed by atoms with Crippen LogP contribution in [-0.2, 0) is 24.9 Å². The number of nitrogens with zero attached hydrogens (tertiary/aromatic N) is 4. The van der Waals surface area contributed by atoms with Gasteiger partial charge in [-0.3, -0.25) is 23.9 Å². The molecule has 1 amide bonds. The molecule has 5 heterocycles. The number of amides is 1. The molecule has 7 aromatic rings. The molecule has 0 bridgehead atoms. The van der Waals surface area contributed by atoms with Crippen LogP contribution in [0.2, 0.25) is 0 Å². The van der Waals surface area contributed by atoms with Crippen molar-refractivity contribution >= 4 is 44.4 Å². The van der Waals surface area contributed by atoms with Gasteiger partial charge in [0, 0.05) is 70.7 Å². The maximum atomic E-state index is 13.9. The van der Waals surface area contributed by atoms with Crippen LogP contribution in [-0.4, -0.2) is 30.0 Å². The molecule has 11 nitrogen and oxygen atoms in total. The van der Waals surface area contributed by atoms with Crippen LogP contribution in [0, 0.1) is 0 Å². The highest BCUT2D eigenvalue weighted by Gasteiger charge is 2.18. The normalized spacial score (nSPS) is 12.1. The van der Waals surface area contributed by atoms with Gasteiger partial charge in [0.2, 0.25) is 11.5 Å². The lowest BCUT2D eigenvalue weighted by molar-refractivity contribution is -0.121. The molecular weight excluding hydrogens is 570 g/mol. The van der Waals surface area contributed by atoms with Gasteiger partial charge in [-0.2, -0.15) is 0 Å². The average Bonchev–Trinajstić information content (AvgIpc) is 3.64. The first-order chi connectivity index (χ1) is 21.8. The van der Waals surface area contributed by atoms with Crippen molar-refractivity contribution in [2.45, 2.75) is 26.1 Å². The molecule has 0 spiro atoms. The SMILES string of the molecule is C[C@@H](Nc1cnc(-c2ccc(=O)n(C)c2)n(CC(=O)NCc2cc3cnccc3[nH]2)c1=O)c1ccc2oc3ccccc3c2c1. The zero-order valence-electron chi connectivity index (χ0n) is 24.6. The van der Waals surface area contributed by atoms with E-state index in [1.54, 1.807) is 31.7 Å². The van der Waals surface area contributed by atoms with E-state index in [2.05, 4.69) is 31.7 Å². The molecule has 0 aliphatic heterocycles. The number of aromatic nitrogens is 5. The smallest absolute Gasteiger partial charge is 0.277 e. The number of carbonyl (C=O) groups is 1. The van der Waals surface area contributed by atoms with Gasteiger partial charge >= 0.3 is 0 Å². The van der Waals surface area contributed by atoms with Gasteiger partial charge in [-0.1, -0.05) is 24.3 Å². The summed E-state index contributed by atoms with van der Waals surface area (Å²) in [4.78, 5) is 51.2. The number of aryl methyl sites for hydroxylation is 1. The number of furan rings is 1. The fourth-order valence-corrected chi connectivity index (χ4v) is 5.54. The Morgan fingerprint density at radius 1 is 1.00 bits per heavy atom. The van der Waals surface area contributed by atoms with E-state index in [1.807, 2.05) is 55.5 Å². The molecular formula is C34H29N7O4. The van der Waals surface area contributed by atoms with Gasteiger partial charge in [0.25, 0.3) is 5.56 Å². The second-order valence-electron chi connectivity index (χ2n) is 11.0. The number of fused-ring (bicyclic) bond motifs is 4. The van der Waals surface area contributed by atoms with Crippen molar-refractivity contribution in [3.05, 3.63) is 123 Å². The van der Waals surface area contributed by atoms with Crippen LogP contribution in [0.1, 0.15) is 24.2 Å². The summed E-state index contributed by atoms with van der Waals surface area (Å²) in [5, 5.41) is 9.12. The number of para-hydroxylation sites is 1. The third kappa shape index (κ3) is 5.35. The first kappa shape index (κ1) is 27.8. The third-order valence-electron chi connectivity index (χ3n) is 7.92. The Hall–Kier alpha value is -5.97. The van der Waals surface area contributed by atoms with Crippen LogP contribution in [0.5, 0.6) is 0 Å². The molecule has 5 aromatic heterocycles. The fourth-order valence-electron chi connectivity index (χ4n) is 5.54. The molecule has 45 heavy (non-hydrogen) atoms. The number of carbonyl (C=O) groups excluding carboxylic acids is 1. The Morgan fingerprint density at radius 2 is 1.84 bits per heavy atom. The Labute approximate surface area is 256 Å². The van der Waals surface area contributed by atoms with Gasteiger partial charge in [0.05, 0.1) is 12.7 Å². The molecule has 0 saturated carbocycles. The topological polar surface area (TPSA) is 140 Å². The van der Waals surface area contributed by atoms with Crippen molar-refractivity contribution in [3.63, 3.8) is 0 Å². The lowest BCUT2D eigenvalue weighted by Crippen LogP contribution is -2.34. The minimum Gasteiger partial charge on any atom is -0.456 e. The summed E-state index contributed by atoms with van der Waals surface area (Å²) >= 11 is 0. The quantitative estimate of drug-likeness (QED) is 0.226. The molecule has 0 radical (unpaired) electrons. The van der Waals surface area contributed by atoms with E-state index in [1.165, 1.54) is 21.4 Å². The van der Waals surface area contributed by atoms with E-state index >= 15 is 0 Å². The molecule has 0 aliphatic carbocycles. The first-order valence-electron chi connectivity index (χ1n) is 14.5. The Bertz CT molecular complexity index is 2310. The van der Waals surface area contributed by atoms with Crippen molar-refractivity contribution in [1.29, 1.82) is 0 Å². The maximum absolute atomic E-state index is 13.9. The number of H-pyrrole nitrogens is 1. The summed E-state index contributed by atoms with van der Waals surface area (Å²) in [6, 6.07) is 20.3. The average molecular weight is 600 g/mol. The summed E-state index contributed by atoms with van der Waals surface area (Å²) < 4.78 is 8.69. The predicted molar refractivity (Wildman–Crippen MR) is 173 cm³/mol. The molecule has 2 aromatic carbocycles. The van der Waals surface area contributed by atoms with Gasteiger partial charge in [-0.25, -0.2) is 4.98 Å². The highest BCUT2D eigenvalue weighted by Crippen LogP contribution is 2.31. The lowest BCUT2D eigenvalue weighted by Gasteiger charge is -2.18. The highest BCUT2D eigenvalue weighted by atomic mass is 16.3. The number of hydrogen-bond acceptors (Lipinski definition) is 7. The molecule has 3 N–H and O–H groups in total. The Kier molecular flexibility index (Phi) is 6.97. The van der Waals surface area contributed by atoms with Gasteiger partial charge in [-0.05, 0) is 48.9 Å². The number of nitrogens with one attached hydrogen (secondary N) is 3. The zero-order valence-corrected chi connectivity index (χ0v) is 24.6. The van der Waals surface area contributed by atoms with Crippen LogP contribution in [0.25, 0.3) is 44.2 Å². The molecule has 0 fully saturated rings. The molecule has 7 rings (SSSR count). The largest absolute Gasteiger partial charge is 0.456 e. The van der Waals surface area contributed by atoms with Crippen molar-refractivity contribution in [2.24, 2.45) is 7.05 Å². The second-order valence-corrected chi connectivity index (χ2v) is 11.0. The van der Waals surface area contributed by atoms with Crippen LogP contribution in [0.4, 0.5) is 5.69 Å². The van der Waals surface area contributed by atoms with Crippen molar-refractivity contribution < 1.29 is 9.21 Å². The van der Waals surface area contributed by atoms with Crippen LogP contribution in [0.15, 0.2) is 106 Å². The Balaban J connectivity index is 1.19. The third-order valence-corrected chi connectivity index (χ3v) is 7.92. The van der Waals surface area contributed by atoms with Crippen LogP contribution in [0.3, 0.4) is 0 Å². The molecule has 1 atom stereocenters. The van der Waals surface area contributed by atoms with Crippen molar-refractivity contribution in [2.75, 3.05) is 5.32 Å². The fraction of sp³-hybridized carbons (Fsp3) is 0.147. The Morgan fingerprint density at radius 3 is 2.69 bits per heavy atom.